The van der Waals surface area contributed by atoms with E-state index in [0.29, 0.717) is 23.1 Å². The van der Waals surface area contributed by atoms with E-state index in [-0.39, 0.29) is 21.4 Å². The molecule has 1 aliphatic rings. The number of alkyl halides is 3. The average molecular weight is 526 g/mol. The Bertz CT molecular complexity index is 1640. The van der Waals surface area contributed by atoms with Crippen molar-refractivity contribution in [2.24, 2.45) is 0 Å². The second kappa shape index (κ2) is 10.3. The van der Waals surface area contributed by atoms with Crippen molar-refractivity contribution in [3.63, 3.8) is 0 Å². The van der Waals surface area contributed by atoms with Crippen LogP contribution in [0.2, 0.25) is 0 Å². The fourth-order valence-electron chi connectivity index (χ4n) is 3.66. The summed E-state index contributed by atoms with van der Waals surface area (Å²) >= 11 is 0. The molecular formula is C27H18F3NO5S. The number of pyridine rings is 1. The number of aliphatic carboxylic acids is 1. The number of sulfone groups is 1. The van der Waals surface area contributed by atoms with Gasteiger partial charge in [-0.3, -0.25) is 4.98 Å². The predicted octanol–water partition coefficient (Wildman–Crippen LogP) is 5.36. The zero-order valence-corrected chi connectivity index (χ0v) is 19.8. The predicted molar refractivity (Wildman–Crippen MR) is 130 cm³/mol. The zero-order chi connectivity index (χ0) is 26.6. The Hall–Kier alpha value is -4.36. The second-order valence-corrected chi connectivity index (χ2v) is 9.83. The lowest BCUT2D eigenvalue weighted by atomic mass is 10.1. The SMILES string of the molecule is O=C(O)C1=CCC=C(C#Cc2ccccc2CS(=O)(=O)c2ccc(OC(F)(F)F)c3cccnc23)C=C1. The normalized spacial score (nSPS) is 13.7. The van der Waals surface area contributed by atoms with Crippen LogP contribution < -0.4 is 4.74 Å². The van der Waals surface area contributed by atoms with E-state index < -0.39 is 33.7 Å². The third-order valence-corrected chi connectivity index (χ3v) is 7.01. The monoisotopic (exact) mass is 525 g/mol. The molecule has 0 fully saturated rings. The molecule has 37 heavy (non-hydrogen) atoms. The van der Waals surface area contributed by atoms with Crippen LogP contribution in [0.5, 0.6) is 5.75 Å². The lowest BCUT2D eigenvalue weighted by molar-refractivity contribution is -0.274. The summed E-state index contributed by atoms with van der Waals surface area (Å²) in [5, 5.41) is 9.04. The molecule has 0 amide bonds. The van der Waals surface area contributed by atoms with Crippen LogP contribution in [0.3, 0.4) is 0 Å². The van der Waals surface area contributed by atoms with Crippen LogP contribution in [0.4, 0.5) is 13.2 Å². The van der Waals surface area contributed by atoms with Gasteiger partial charge in [0.15, 0.2) is 9.84 Å². The third-order valence-electron chi connectivity index (χ3n) is 5.32. The molecule has 0 atom stereocenters. The van der Waals surface area contributed by atoms with Gasteiger partial charge in [-0.1, -0.05) is 42.2 Å². The van der Waals surface area contributed by atoms with Gasteiger partial charge in [-0.2, -0.15) is 0 Å². The van der Waals surface area contributed by atoms with Crippen molar-refractivity contribution in [3.8, 4) is 17.6 Å². The third kappa shape index (κ3) is 6.26. The van der Waals surface area contributed by atoms with E-state index in [2.05, 4.69) is 21.6 Å². The van der Waals surface area contributed by atoms with Crippen LogP contribution in [0.15, 0.2) is 95.1 Å². The van der Waals surface area contributed by atoms with E-state index in [9.17, 15) is 26.4 Å². The maximum Gasteiger partial charge on any atom is 0.573 e. The summed E-state index contributed by atoms with van der Waals surface area (Å²) in [5.74, 6) is 3.80. The minimum atomic E-state index is -4.95. The van der Waals surface area contributed by atoms with E-state index in [1.165, 1.54) is 24.4 Å². The number of carboxylic acids is 1. The Morgan fingerprint density at radius 1 is 1.03 bits per heavy atom. The van der Waals surface area contributed by atoms with Crippen LogP contribution in [-0.2, 0) is 20.4 Å². The average Bonchev–Trinajstić information content (AvgIpc) is 3.08. The summed E-state index contributed by atoms with van der Waals surface area (Å²) in [4.78, 5) is 14.9. The van der Waals surface area contributed by atoms with Gasteiger partial charge in [0.25, 0.3) is 0 Å². The molecule has 0 saturated carbocycles. The zero-order valence-electron chi connectivity index (χ0n) is 19.0. The number of ether oxygens (including phenoxy) is 1. The highest BCUT2D eigenvalue weighted by Gasteiger charge is 2.32. The highest BCUT2D eigenvalue weighted by Crippen LogP contribution is 2.34. The first-order valence-corrected chi connectivity index (χ1v) is 12.5. The molecule has 0 bridgehead atoms. The van der Waals surface area contributed by atoms with Gasteiger partial charge in [0.1, 0.15) is 5.75 Å². The molecule has 10 heteroatoms. The van der Waals surface area contributed by atoms with Crippen LogP contribution in [0, 0.1) is 11.8 Å². The van der Waals surface area contributed by atoms with Gasteiger partial charge in [-0.15, -0.1) is 13.2 Å². The van der Waals surface area contributed by atoms with Gasteiger partial charge < -0.3 is 9.84 Å². The molecule has 3 aromatic rings. The minimum Gasteiger partial charge on any atom is -0.478 e. The van der Waals surface area contributed by atoms with E-state index in [1.54, 1.807) is 42.5 Å². The number of fused-ring (bicyclic) bond motifs is 1. The summed E-state index contributed by atoms with van der Waals surface area (Å²) in [6.45, 7) is 0. The molecule has 2 aromatic carbocycles. The highest BCUT2D eigenvalue weighted by molar-refractivity contribution is 7.90. The molecule has 1 aromatic heterocycles. The molecule has 4 rings (SSSR count). The number of carbonyl (C=O) groups is 1. The van der Waals surface area contributed by atoms with Crippen molar-refractivity contribution in [2.45, 2.75) is 23.4 Å². The quantitative estimate of drug-likeness (QED) is 0.451. The molecule has 1 aliphatic carbocycles. The lowest BCUT2D eigenvalue weighted by Crippen LogP contribution is -2.17. The van der Waals surface area contributed by atoms with Crippen molar-refractivity contribution in [1.29, 1.82) is 0 Å². The number of rotatable bonds is 5. The van der Waals surface area contributed by atoms with Gasteiger partial charge in [0, 0.05) is 22.7 Å². The summed E-state index contributed by atoms with van der Waals surface area (Å²) in [7, 11) is -4.06. The van der Waals surface area contributed by atoms with E-state index in [4.69, 9.17) is 5.11 Å². The topological polar surface area (TPSA) is 93.6 Å². The van der Waals surface area contributed by atoms with Crippen molar-refractivity contribution in [2.75, 3.05) is 0 Å². The number of allylic oxidation sites excluding steroid dienone is 4. The van der Waals surface area contributed by atoms with Crippen LogP contribution in [0.1, 0.15) is 17.5 Å². The standard InChI is InChI=1S/C27H18F3NO5S/c28-27(29,30)36-23-14-15-24(25-22(23)9-4-16-31-25)37(34,35)17-21-7-2-1-6-19(21)12-10-18-5-3-8-20(13-11-18)26(32)33/h1-2,4-9,11,13-16H,3,17H2,(H,32,33). The number of nitrogens with zero attached hydrogens (tertiary/aromatic N) is 1. The molecule has 0 spiro atoms. The Morgan fingerprint density at radius 2 is 1.81 bits per heavy atom. The number of hydrogen-bond donors (Lipinski definition) is 1. The number of hydrogen-bond acceptors (Lipinski definition) is 5. The van der Waals surface area contributed by atoms with Crippen LogP contribution >= 0.6 is 0 Å². The van der Waals surface area contributed by atoms with Gasteiger partial charge >= 0.3 is 12.3 Å². The first-order chi connectivity index (χ1) is 17.5. The van der Waals surface area contributed by atoms with Crippen LogP contribution in [-0.4, -0.2) is 30.8 Å². The second-order valence-electron chi connectivity index (χ2n) is 7.87. The van der Waals surface area contributed by atoms with Gasteiger partial charge in [0.05, 0.1) is 21.7 Å². The maximum absolute atomic E-state index is 13.4. The number of benzene rings is 2. The Morgan fingerprint density at radius 3 is 2.57 bits per heavy atom. The van der Waals surface area contributed by atoms with Gasteiger partial charge in [-0.25, -0.2) is 13.2 Å². The van der Waals surface area contributed by atoms with Crippen molar-refractivity contribution < 1.29 is 36.2 Å². The van der Waals surface area contributed by atoms with Crippen molar-refractivity contribution in [3.05, 3.63) is 101 Å². The number of halogens is 3. The summed E-state index contributed by atoms with van der Waals surface area (Å²) < 4.78 is 69.2. The molecule has 1 heterocycles. The van der Waals surface area contributed by atoms with E-state index in [1.807, 2.05) is 0 Å². The fraction of sp³-hybridized carbons (Fsp3) is 0.111. The van der Waals surface area contributed by atoms with Crippen molar-refractivity contribution >= 4 is 26.7 Å². The molecule has 1 N–H and O–H groups in total. The summed E-state index contributed by atoms with van der Waals surface area (Å²) in [5.41, 5.74) is 1.40. The Labute approximate surface area is 210 Å². The van der Waals surface area contributed by atoms with Gasteiger partial charge in [-0.05, 0) is 54.5 Å². The largest absolute Gasteiger partial charge is 0.573 e. The van der Waals surface area contributed by atoms with Crippen molar-refractivity contribution in [1.82, 2.24) is 4.98 Å². The molecule has 6 nitrogen and oxygen atoms in total. The minimum absolute atomic E-state index is 0.0876. The molecule has 188 valence electrons. The molecule has 0 aliphatic heterocycles. The van der Waals surface area contributed by atoms with E-state index >= 15 is 0 Å². The summed E-state index contributed by atoms with van der Waals surface area (Å²) in [6.07, 6.45) is 3.03. The Kier molecular flexibility index (Phi) is 7.18. The first kappa shape index (κ1) is 25.7. The van der Waals surface area contributed by atoms with Gasteiger partial charge in [0.2, 0.25) is 0 Å². The van der Waals surface area contributed by atoms with Crippen LogP contribution in [0.25, 0.3) is 10.9 Å². The number of aromatic nitrogens is 1. The molecule has 0 radical (unpaired) electrons. The molecule has 0 saturated heterocycles. The highest BCUT2D eigenvalue weighted by atomic mass is 32.2. The molecular weight excluding hydrogens is 507 g/mol. The first-order valence-electron chi connectivity index (χ1n) is 10.8. The lowest BCUT2D eigenvalue weighted by Gasteiger charge is -2.14. The summed E-state index contributed by atoms with van der Waals surface area (Å²) in [6, 6.07) is 11.3. The number of carboxylic acid groups (broad SMARTS) is 1. The molecule has 0 unspecified atom stereocenters. The maximum atomic E-state index is 13.4. The fourth-order valence-corrected chi connectivity index (χ4v) is 5.20. The smallest absolute Gasteiger partial charge is 0.478 e. The van der Waals surface area contributed by atoms with E-state index in [0.717, 1.165) is 12.1 Å². The Balaban J connectivity index is 1.66.